The fraction of sp³-hybridized carbons (Fsp3) is 0.562. The van der Waals surface area contributed by atoms with Gasteiger partial charge in [-0.05, 0) is 73.6 Å². The molecule has 7 nitrogen and oxygen atoms in total. The van der Waals surface area contributed by atoms with Crippen molar-refractivity contribution < 1.29 is 28.9 Å². The summed E-state index contributed by atoms with van der Waals surface area (Å²) in [5.74, 6) is 2.77. The van der Waals surface area contributed by atoms with Gasteiger partial charge in [0.1, 0.15) is 19.0 Å². The van der Waals surface area contributed by atoms with Gasteiger partial charge >= 0.3 is 0 Å². The number of Topliss-reactive ketones (excluding diaryl/α,β-unsaturated/α-hetero) is 1. The third-order valence-electron chi connectivity index (χ3n) is 7.97. The van der Waals surface area contributed by atoms with Crippen LogP contribution < -0.4 is 19.5 Å². The Morgan fingerprint density at radius 2 is 1.67 bits per heavy atom. The van der Waals surface area contributed by atoms with Gasteiger partial charge in [0, 0.05) is 18.4 Å². The molecule has 1 fully saturated rings. The molecular weight excluding hydrogens is 494 g/mol. The monoisotopic (exact) mass is 537 g/mol. The lowest BCUT2D eigenvalue weighted by Crippen LogP contribution is -2.39. The van der Waals surface area contributed by atoms with Crippen molar-refractivity contribution in [2.24, 2.45) is 5.92 Å². The van der Waals surface area contributed by atoms with Crippen LogP contribution in [-0.2, 0) is 4.79 Å². The van der Waals surface area contributed by atoms with Crippen LogP contribution in [0.25, 0.3) is 0 Å². The lowest BCUT2D eigenvalue weighted by atomic mass is 9.84. The van der Waals surface area contributed by atoms with E-state index in [9.17, 15) is 14.7 Å². The Balaban J connectivity index is 1.26. The van der Waals surface area contributed by atoms with Crippen molar-refractivity contribution >= 4 is 11.7 Å². The van der Waals surface area contributed by atoms with Crippen molar-refractivity contribution in [3.05, 3.63) is 53.6 Å². The topological polar surface area (TPSA) is 94.1 Å². The second-order valence-electron chi connectivity index (χ2n) is 10.8. The van der Waals surface area contributed by atoms with Gasteiger partial charge in [0.25, 0.3) is 0 Å². The number of hydrogen-bond donors (Lipinski definition) is 2. The molecular formula is C32H43NO6. The predicted octanol–water partition coefficient (Wildman–Crippen LogP) is 6.18. The minimum absolute atomic E-state index is 0.0540. The molecule has 0 bridgehead atoms. The Hall–Kier alpha value is -3.06. The predicted molar refractivity (Wildman–Crippen MR) is 151 cm³/mol. The normalized spacial score (nSPS) is 16.8. The van der Waals surface area contributed by atoms with E-state index in [0.29, 0.717) is 55.5 Å². The first-order valence-corrected chi connectivity index (χ1v) is 14.6. The Bertz CT molecular complexity index is 1060. The number of ketones is 1. The summed E-state index contributed by atoms with van der Waals surface area (Å²) in [4.78, 5) is 25.3. The number of nitrogens with one attached hydrogen (secondary N) is 1. The van der Waals surface area contributed by atoms with Crippen LogP contribution in [0.1, 0.15) is 99.1 Å². The molecule has 2 atom stereocenters. The largest absolute Gasteiger partial charge is 0.497 e. The number of fused-ring (bicyclic) bond motifs is 1. The molecule has 1 saturated carbocycles. The number of ether oxygens (including phenoxy) is 3. The molecule has 2 aliphatic rings. The average Bonchev–Trinajstić information content (AvgIpc) is 2.99. The van der Waals surface area contributed by atoms with Crippen LogP contribution in [0.2, 0.25) is 0 Å². The lowest BCUT2D eigenvalue weighted by molar-refractivity contribution is -0.123. The fourth-order valence-corrected chi connectivity index (χ4v) is 5.62. The third kappa shape index (κ3) is 8.72. The molecule has 1 heterocycles. The number of hydrogen-bond acceptors (Lipinski definition) is 6. The standard InChI is InChI=1S/C32H43NO6/c1-37-26-16-13-24(14-17-26)28(34)10-6-3-7-11-31(35)33-27(18-12-23-8-4-2-5-9-23)32(36)25-15-19-29-30(22-25)39-21-20-38-29/h13-17,19,22-23,27,32,36H,2-12,18,20-21H2,1H3,(H,33,35)/t27-,32-/m1/s1. The smallest absolute Gasteiger partial charge is 0.220 e. The van der Waals surface area contributed by atoms with E-state index < -0.39 is 6.10 Å². The minimum atomic E-state index is -0.824. The number of carbonyl (C=O) groups excluding carboxylic acids is 2. The molecule has 4 rings (SSSR count). The van der Waals surface area contributed by atoms with Crippen LogP contribution in [0.5, 0.6) is 17.2 Å². The average molecular weight is 538 g/mol. The molecule has 0 radical (unpaired) electrons. The van der Waals surface area contributed by atoms with Gasteiger partial charge < -0.3 is 24.6 Å². The van der Waals surface area contributed by atoms with Gasteiger partial charge in [0.15, 0.2) is 17.3 Å². The highest BCUT2D eigenvalue weighted by atomic mass is 16.6. The molecule has 0 aromatic heterocycles. The summed E-state index contributed by atoms with van der Waals surface area (Å²) in [6.45, 7) is 1.00. The van der Waals surface area contributed by atoms with Crippen LogP contribution in [-0.4, -0.2) is 43.2 Å². The summed E-state index contributed by atoms with van der Waals surface area (Å²) >= 11 is 0. The second kappa shape index (κ2) is 14.9. The molecule has 0 spiro atoms. The number of rotatable bonds is 14. The van der Waals surface area contributed by atoms with Crippen LogP contribution in [0.3, 0.4) is 0 Å². The summed E-state index contributed by atoms with van der Waals surface area (Å²) in [7, 11) is 1.60. The van der Waals surface area contributed by atoms with Crippen molar-refractivity contribution in [1.82, 2.24) is 5.32 Å². The Kier molecular flexibility index (Phi) is 11.1. The number of methoxy groups -OCH3 is 1. The fourth-order valence-electron chi connectivity index (χ4n) is 5.62. The third-order valence-corrected chi connectivity index (χ3v) is 7.97. The molecule has 1 aliphatic heterocycles. The first kappa shape index (κ1) is 28.9. The van der Waals surface area contributed by atoms with Crippen molar-refractivity contribution in [3.8, 4) is 17.2 Å². The highest BCUT2D eigenvalue weighted by Crippen LogP contribution is 2.35. The van der Waals surface area contributed by atoms with E-state index in [0.717, 1.165) is 37.0 Å². The lowest BCUT2D eigenvalue weighted by Gasteiger charge is -2.29. The van der Waals surface area contributed by atoms with Gasteiger partial charge in [-0.2, -0.15) is 0 Å². The maximum Gasteiger partial charge on any atom is 0.220 e. The number of aliphatic hydroxyl groups is 1. The number of benzene rings is 2. The maximum absolute atomic E-state index is 12.9. The van der Waals surface area contributed by atoms with E-state index in [4.69, 9.17) is 14.2 Å². The maximum atomic E-state index is 12.9. The Labute approximate surface area is 232 Å². The molecule has 0 unspecified atom stereocenters. The highest BCUT2D eigenvalue weighted by Gasteiger charge is 2.26. The number of carbonyl (C=O) groups is 2. The summed E-state index contributed by atoms with van der Waals surface area (Å²) < 4.78 is 16.5. The van der Waals surface area contributed by atoms with Crippen molar-refractivity contribution in [2.45, 2.75) is 89.2 Å². The molecule has 2 aromatic carbocycles. The van der Waals surface area contributed by atoms with E-state index in [1.807, 2.05) is 18.2 Å². The summed E-state index contributed by atoms with van der Waals surface area (Å²) in [5.41, 5.74) is 1.41. The van der Waals surface area contributed by atoms with Crippen LogP contribution in [0.15, 0.2) is 42.5 Å². The zero-order chi connectivity index (χ0) is 27.5. The summed E-state index contributed by atoms with van der Waals surface area (Å²) in [5, 5.41) is 14.4. The van der Waals surface area contributed by atoms with E-state index in [1.165, 1.54) is 32.1 Å². The highest BCUT2D eigenvalue weighted by molar-refractivity contribution is 5.96. The number of aliphatic hydroxyl groups excluding tert-OH is 1. The van der Waals surface area contributed by atoms with Crippen molar-refractivity contribution in [3.63, 3.8) is 0 Å². The van der Waals surface area contributed by atoms with E-state index in [-0.39, 0.29) is 17.7 Å². The van der Waals surface area contributed by atoms with Gasteiger partial charge in [-0.25, -0.2) is 0 Å². The molecule has 39 heavy (non-hydrogen) atoms. The minimum Gasteiger partial charge on any atom is -0.497 e. The van der Waals surface area contributed by atoms with E-state index >= 15 is 0 Å². The summed E-state index contributed by atoms with van der Waals surface area (Å²) in [6.07, 6.45) is 10.3. The SMILES string of the molecule is COc1ccc(C(=O)CCCCCC(=O)N[C@H](CCC2CCCCC2)[C@H](O)c2ccc3c(c2)OCCO3)cc1. The van der Waals surface area contributed by atoms with Crippen LogP contribution in [0.4, 0.5) is 0 Å². The Morgan fingerprint density at radius 3 is 2.41 bits per heavy atom. The Morgan fingerprint density at radius 1 is 0.949 bits per heavy atom. The zero-order valence-electron chi connectivity index (χ0n) is 23.2. The van der Waals surface area contributed by atoms with Gasteiger partial charge in [-0.3, -0.25) is 9.59 Å². The molecule has 1 aliphatic carbocycles. The molecule has 7 heteroatoms. The first-order valence-electron chi connectivity index (χ1n) is 14.6. The number of amides is 1. The zero-order valence-corrected chi connectivity index (χ0v) is 23.2. The van der Waals surface area contributed by atoms with Crippen LogP contribution >= 0.6 is 0 Å². The van der Waals surface area contributed by atoms with Crippen molar-refractivity contribution in [2.75, 3.05) is 20.3 Å². The molecule has 0 saturated heterocycles. The molecule has 2 aromatic rings. The first-order chi connectivity index (χ1) is 19.0. The van der Waals surface area contributed by atoms with E-state index in [1.54, 1.807) is 31.4 Å². The molecule has 1 amide bonds. The van der Waals surface area contributed by atoms with Gasteiger partial charge in [-0.1, -0.05) is 44.6 Å². The molecule has 2 N–H and O–H groups in total. The van der Waals surface area contributed by atoms with Gasteiger partial charge in [0.2, 0.25) is 5.91 Å². The molecule has 212 valence electrons. The van der Waals surface area contributed by atoms with Crippen LogP contribution in [0, 0.1) is 5.92 Å². The number of unbranched alkanes of at least 4 members (excludes halogenated alkanes) is 2. The van der Waals surface area contributed by atoms with E-state index in [2.05, 4.69) is 5.32 Å². The summed E-state index contributed by atoms with van der Waals surface area (Å²) in [6, 6.07) is 12.3. The second-order valence-corrected chi connectivity index (χ2v) is 10.8. The quantitative estimate of drug-likeness (QED) is 0.221. The van der Waals surface area contributed by atoms with Gasteiger partial charge in [-0.15, -0.1) is 0 Å². The van der Waals surface area contributed by atoms with Gasteiger partial charge in [0.05, 0.1) is 19.3 Å². The van der Waals surface area contributed by atoms with Crippen molar-refractivity contribution in [1.29, 1.82) is 0 Å².